The Morgan fingerprint density at radius 3 is 2.68 bits per heavy atom. The molecule has 1 atom stereocenters. The van der Waals surface area contributed by atoms with Gasteiger partial charge in [-0.25, -0.2) is 4.98 Å². The average molecular weight is 383 g/mol. The van der Waals surface area contributed by atoms with Gasteiger partial charge in [0.15, 0.2) is 11.6 Å². The van der Waals surface area contributed by atoms with Crippen LogP contribution in [0, 0.1) is 0 Å². The SMILES string of the molecule is CCCCN1C(=O)C(C)(C(=O)Nc2ccc(OCC)cc2)Oc2cccnc21. The van der Waals surface area contributed by atoms with Gasteiger partial charge in [-0.2, -0.15) is 0 Å². The van der Waals surface area contributed by atoms with Crippen LogP contribution >= 0.6 is 0 Å². The Kier molecular flexibility index (Phi) is 5.82. The van der Waals surface area contributed by atoms with E-state index in [-0.39, 0.29) is 0 Å². The second-order valence-electron chi connectivity index (χ2n) is 6.68. The van der Waals surface area contributed by atoms with Crippen molar-refractivity contribution in [3.8, 4) is 11.5 Å². The van der Waals surface area contributed by atoms with Gasteiger partial charge in [-0.05, 0) is 56.7 Å². The fraction of sp³-hybridized carbons (Fsp3) is 0.381. The van der Waals surface area contributed by atoms with E-state index in [4.69, 9.17) is 9.47 Å². The summed E-state index contributed by atoms with van der Waals surface area (Å²) in [6.45, 7) is 6.48. The van der Waals surface area contributed by atoms with E-state index >= 15 is 0 Å². The highest BCUT2D eigenvalue weighted by molar-refractivity contribution is 6.19. The molecular formula is C21H25N3O4. The third-order valence-corrected chi connectivity index (χ3v) is 4.57. The normalized spacial score (nSPS) is 18.2. The standard InChI is InChI=1S/C21H25N3O4/c1-4-6-14-24-18-17(8-7-13-22-18)28-21(3,20(24)26)19(25)23-15-9-11-16(12-10-15)27-5-2/h7-13H,4-6,14H2,1-3H3,(H,23,25). The molecule has 2 aromatic rings. The predicted molar refractivity (Wildman–Crippen MR) is 107 cm³/mol. The highest BCUT2D eigenvalue weighted by atomic mass is 16.5. The lowest BCUT2D eigenvalue weighted by atomic mass is 10.0. The molecule has 28 heavy (non-hydrogen) atoms. The van der Waals surface area contributed by atoms with Crippen LogP contribution in [0.4, 0.5) is 11.5 Å². The number of nitrogens with one attached hydrogen (secondary N) is 1. The molecule has 1 aliphatic heterocycles. The zero-order valence-corrected chi connectivity index (χ0v) is 16.4. The first-order valence-electron chi connectivity index (χ1n) is 9.50. The first kappa shape index (κ1) is 19.7. The third kappa shape index (κ3) is 3.78. The molecule has 2 amide bonds. The summed E-state index contributed by atoms with van der Waals surface area (Å²) in [5.41, 5.74) is -1.12. The molecule has 0 fully saturated rings. The maximum Gasteiger partial charge on any atom is 0.282 e. The van der Waals surface area contributed by atoms with Gasteiger partial charge >= 0.3 is 0 Å². The molecule has 3 rings (SSSR count). The molecule has 1 aromatic carbocycles. The lowest BCUT2D eigenvalue weighted by Gasteiger charge is -2.38. The Morgan fingerprint density at radius 2 is 2.00 bits per heavy atom. The minimum absolute atomic E-state index is 0.419. The van der Waals surface area contributed by atoms with Crippen LogP contribution in [-0.2, 0) is 9.59 Å². The van der Waals surface area contributed by atoms with Gasteiger partial charge in [0.1, 0.15) is 5.75 Å². The van der Waals surface area contributed by atoms with Crippen LogP contribution in [0.3, 0.4) is 0 Å². The van der Waals surface area contributed by atoms with Gasteiger partial charge in [0.25, 0.3) is 17.4 Å². The van der Waals surface area contributed by atoms with E-state index in [1.807, 2.05) is 13.8 Å². The fourth-order valence-electron chi connectivity index (χ4n) is 3.00. The van der Waals surface area contributed by atoms with Gasteiger partial charge in [0.05, 0.1) is 6.61 Å². The summed E-state index contributed by atoms with van der Waals surface area (Å²) < 4.78 is 11.3. The van der Waals surface area contributed by atoms with E-state index in [1.54, 1.807) is 47.5 Å². The second kappa shape index (κ2) is 8.29. The van der Waals surface area contributed by atoms with Crippen molar-refractivity contribution in [2.24, 2.45) is 0 Å². The monoisotopic (exact) mass is 383 g/mol. The van der Waals surface area contributed by atoms with Crippen molar-refractivity contribution in [1.29, 1.82) is 0 Å². The van der Waals surface area contributed by atoms with Crippen LogP contribution in [0.25, 0.3) is 0 Å². The summed E-state index contributed by atoms with van der Waals surface area (Å²) >= 11 is 0. The van der Waals surface area contributed by atoms with Crippen LogP contribution in [0.1, 0.15) is 33.6 Å². The van der Waals surface area contributed by atoms with E-state index in [9.17, 15) is 9.59 Å². The molecule has 148 valence electrons. The largest absolute Gasteiger partial charge is 0.494 e. The molecule has 0 radical (unpaired) electrons. The number of pyridine rings is 1. The number of ether oxygens (including phenoxy) is 2. The van der Waals surface area contributed by atoms with Crippen molar-refractivity contribution in [3.05, 3.63) is 42.6 Å². The Labute approximate surface area is 164 Å². The molecule has 1 aromatic heterocycles. The fourth-order valence-corrected chi connectivity index (χ4v) is 3.00. The van der Waals surface area contributed by atoms with Crippen LogP contribution < -0.4 is 19.7 Å². The highest BCUT2D eigenvalue weighted by Gasteiger charge is 2.51. The molecule has 7 heteroatoms. The first-order chi connectivity index (χ1) is 13.5. The summed E-state index contributed by atoms with van der Waals surface area (Å²) in [5.74, 6) is 0.630. The van der Waals surface area contributed by atoms with Gasteiger partial charge in [-0.3, -0.25) is 14.5 Å². The number of nitrogens with zero attached hydrogens (tertiary/aromatic N) is 2. The van der Waals surface area contributed by atoms with E-state index in [2.05, 4.69) is 10.3 Å². The number of unbranched alkanes of at least 4 members (excludes halogenated alkanes) is 1. The Balaban J connectivity index is 1.85. The minimum Gasteiger partial charge on any atom is -0.494 e. The molecule has 2 heterocycles. The number of carbonyl (C=O) groups excluding carboxylic acids is 2. The number of fused-ring (bicyclic) bond motifs is 1. The van der Waals surface area contributed by atoms with E-state index in [0.717, 1.165) is 12.8 Å². The lowest BCUT2D eigenvalue weighted by Crippen LogP contribution is -2.61. The lowest BCUT2D eigenvalue weighted by molar-refractivity contribution is -0.145. The van der Waals surface area contributed by atoms with Crippen LogP contribution in [0.2, 0.25) is 0 Å². The molecule has 0 saturated carbocycles. The van der Waals surface area contributed by atoms with Gasteiger partial charge in [-0.15, -0.1) is 0 Å². The van der Waals surface area contributed by atoms with Crippen molar-refractivity contribution < 1.29 is 19.1 Å². The number of rotatable bonds is 7. The molecule has 1 N–H and O–H groups in total. The van der Waals surface area contributed by atoms with Crippen molar-refractivity contribution in [2.45, 2.75) is 39.2 Å². The summed E-state index contributed by atoms with van der Waals surface area (Å²) in [4.78, 5) is 32.0. The number of hydrogen-bond acceptors (Lipinski definition) is 5. The maximum atomic E-state index is 13.2. The van der Waals surface area contributed by atoms with E-state index in [0.29, 0.717) is 36.2 Å². The molecule has 0 saturated heterocycles. The maximum absolute atomic E-state index is 13.2. The second-order valence-corrected chi connectivity index (χ2v) is 6.68. The molecular weight excluding hydrogens is 358 g/mol. The number of amides is 2. The highest BCUT2D eigenvalue weighted by Crippen LogP contribution is 2.36. The van der Waals surface area contributed by atoms with Crippen molar-refractivity contribution >= 4 is 23.3 Å². The van der Waals surface area contributed by atoms with Crippen LogP contribution in [0.15, 0.2) is 42.6 Å². The van der Waals surface area contributed by atoms with Crippen molar-refractivity contribution in [3.63, 3.8) is 0 Å². The summed E-state index contributed by atoms with van der Waals surface area (Å²) in [6.07, 6.45) is 3.33. The molecule has 1 aliphatic rings. The van der Waals surface area contributed by atoms with E-state index < -0.39 is 17.4 Å². The average Bonchev–Trinajstić information content (AvgIpc) is 2.70. The van der Waals surface area contributed by atoms with Crippen LogP contribution in [0.5, 0.6) is 11.5 Å². The van der Waals surface area contributed by atoms with Gasteiger partial charge in [0, 0.05) is 18.4 Å². The van der Waals surface area contributed by atoms with Crippen LogP contribution in [-0.4, -0.2) is 35.6 Å². The molecule has 0 aliphatic carbocycles. The summed E-state index contributed by atoms with van der Waals surface area (Å²) in [5, 5.41) is 2.77. The van der Waals surface area contributed by atoms with Crippen molar-refractivity contribution in [2.75, 3.05) is 23.4 Å². The zero-order valence-electron chi connectivity index (χ0n) is 16.4. The van der Waals surface area contributed by atoms with Crippen molar-refractivity contribution in [1.82, 2.24) is 4.98 Å². The number of carbonyl (C=O) groups is 2. The minimum atomic E-state index is -1.68. The number of benzene rings is 1. The summed E-state index contributed by atoms with van der Waals surface area (Å²) in [6, 6.07) is 10.4. The third-order valence-electron chi connectivity index (χ3n) is 4.57. The number of anilines is 2. The molecule has 0 bridgehead atoms. The Morgan fingerprint density at radius 1 is 1.25 bits per heavy atom. The predicted octanol–water partition coefficient (Wildman–Crippen LogP) is 3.40. The number of hydrogen-bond donors (Lipinski definition) is 1. The number of aromatic nitrogens is 1. The van der Waals surface area contributed by atoms with Gasteiger partial charge in [-0.1, -0.05) is 13.3 Å². The topological polar surface area (TPSA) is 80.8 Å². The van der Waals surface area contributed by atoms with E-state index in [1.165, 1.54) is 6.92 Å². The molecule has 1 unspecified atom stereocenters. The zero-order chi connectivity index (χ0) is 20.1. The molecule has 7 nitrogen and oxygen atoms in total. The Bertz CT molecular complexity index is 853. The quantitative estimate of drug-likeness (QED) is 0.741. The van der Waals surface area contributed by atoms with Gasteiger partial charge < -0.3 is 14.8 Å². The first-order valence-corrected chi connectivity index (χ1v) is 9.50. The van der Waals surface area contributed by atoms with Gasteiger partial charge in [0.2, 0.25) is 0 Å². The Hall–Kier alpha value is -3.09. The molecule has 0 spiro atoms. The smallest absolute Gasteiger partial charge is 0.282 e. The summed E-state index contributed by atoms with van der Waals surface area (Å²) in [7, 11) is 0.